The summed E-state index contributed by atoms with van der Waals surface area (Å²) in [6.07, 6.45) is 1.83. The molecule has 0 bridgehead atoms. The molecule has 35 heavy (non-hydrogen) atoms. The Hall–Kier alpha value is -3.02. The van der Waals surface area contributed by atoms with Crippen molar-refractivity contribution < 1.29 is 19.1 Å². The van der Waals surface area contributed by atoms with Crippen molar-refractivity contribution in [3.63, 3.8) is 0 Å². The van der Waals surface area contributed by atoms with Crippen LogP contribution in [-0.4, -0.2) is 35.8 Å². The van der Waals surface area contributed by atoms with Gasteiger partial charge in [-0.05, 0) is 87.6 Å². The number of carbonyl (C=O) groups is 2. The van der Waals surface area contributed by atoms with Gasteiger partial charge in [0, 0.05) is 13.1 Å². The molecular weight excluding hydrogens is 440 g/mol. The summed E-state index contributed by atoms with van der Waals surface area (Å²) in [5, 5.41) is 3.09. The lowest BCUT2D eigenvalue weighted by Crippen LogP contribution is -2.41. The third-order valence-electron chi connectivity index (χ3n) is 6.57. The molecule has 0 unspecified atom stereocenters. The van der Waals surface area contributed by atoms with Gasteiger partial charge in [-0.3, -0.25) is 0 Å². The SMILES string of the molecule is CC[C@H](NC(=O)OCc1ccccc1)c1cc(C)c(C)cc1C1CCN(C(=O)OC(C)(C)C)CC1. The number of hydrogen-bond donors (Lipinski definition) is 1. The van der Waals surface area contributed by atoms with Crippen LogP contribution in [0.4, 0.5) is 9.59 Å². The van der Waals surface area contributed by atoms with Crippen LogP contribution >= 0.6 is 0 Å². The fraction of sp³-hybridized carbons (Fsp3) is 0.517. The second-order valence-electron chi connectivity index (χ2n) is 10.5. The van der Waals surface area contributed by atoms with Crippen LogP contribution in [0.5, 0.6) is 0 Å². The van der Waals surface area contributed by atoms with Gasteiger partial charge in [-0.25, -0.2) is 9.59 Å². The summed E-state index contributed by atoms with van der Waals surface area (Å²) in [5.74, 6) is 0.319. The predicted molar refractivity (Wildman–Crippen MR) is 138 cm³/mol. The van der Waals surface area contributed by atoms with E-state index in [2.05, 4.69) is 38.2 Å². The third kappa shape index (κ3) is 7.48. The summed E-state index contributed by atoms with van der Waals surface area (Å²) in [5.41, 5.74) is 5.30. The first-order chi connectivity index (χ1) is 16.6. The Morgan fingerprint density at radius 3 is 2.29 bits per heavy atom. The highest BCUT2D eigenvalue weighted by Gasteiger charge is 2.30. The van der Waals surface area contributed by atoms with Gasteiger partial charge in [0.25, 0.3) is 0 Å². The Morgan fingerprint density at radius 1 is 1.06 bits per heavy atom. The molecule has 0 spiro atoms. The van der Waals surface area contributed by atoms with Gasteiger partial charge in [-0.1, -0.05) is 49.4 Å². The molecular formula is C29H40N2O4. The highest BCUT2D eigenvalue weighted by atomic mass is 16.6. The highest BCUT2D eigenvalue weighted by molar-refractivity contribution is 5.69. The van der Waals surface area contributed by atoms with Crippen molar-refractivity contribution in [3.8, 4) is 0 Å². The molecule has 0 aliphatic carbocycles. The standard InChI is InChI=1S/C29H40N2O4/c1-7-26(30-27(32)34-19-22-11-9-8-10-12-22)25-18-21(3)20(2)17-24(25)23-13-15-31(16-14-23)28(33)35-29(4,5)6/h8-12,17-18,23,26H,7,13-16,19H2,1-6H3,(H,30,32)/t26-/m0/s1. The Bertz CT molecular complexity index is 1010. The van der Waals surface area contributed by atoms with E-state index in [1.54, 1.807) is 4.90 Å². The molecule has 0 aromatic heterocycles. The Kier molecular flexibility index (Phi) is 8.82. The molecule has 1 aliphatic heterocycles. The summed E-state index contributed by atoms with van der Waals surface area (Å²) in [4.78, 5) is 26.9. The van der Waals surface area contributed by atoms with Gasteiger partial charge in [0.15, 0.2) is 0 Å². The van der Waals surface area contributed by atoms with Crippen LogP contribution in [-0.2, 0) is 16.1 Å². The van der Waals surface area contributed by atoms with Gasteiger partial charge >= 0.3 is 12.2 Å². The van der Waals surface area contributed by atoms with Crippen molar-refractivity contribution in [2.24, 2.45) is 0 Å². The van der Waals surface area contributed by atoms with Crippen molar-refractivity contribution >= 4 is 12.2 Å². The van der Waals surface area contributed by atoms with Crippen LogP contribution in [0.1, 0.15) is 86.7 Å². The van der Waals surface area contributed by atoms with Gasteiger partial charge in [0.05, 0.1) is 6.04 Å². The normalized spacial score (nSPS) is 15.4. The van der Waals surface area contributed by atoms with Gasteiger partial charge in [0.2, 0.25) is 0 Å². The van der Waals surface area contributed by atoms with Crippen molar-refractivity contribution in [2.45, 2.75) is 85.0 Å². The lowest BCUT2D eigenvalue weighted by Gasteiger charge is -2.35. The van der Waals surface area contributed by atoms with Crippen molar-refractivity contribution in [3.05, 3.63) is 70.3 Å². The smallest absolute Gasteiger partial charge is 0.410 e. The van der Waals surface area contributed by atoms with Crippen molar-refractivity contribution in [1.82, 2.24) is 10.2 Å². The van der Waals surface area contributed by atoms with Gasteiger partial charge in [0.1, 0.15) is 12.2 Å². The van der Waals surface area contributed by atoms with E-state index in [0.717, 1.165) is 30.4 Å². The number of benzene rings is 2. The van der Waals surface area contributed by atoms with E-state index >= 15 is 0 Å². The highest BCUT2D eigenvalue weighted by Crippen LogP contribution is 2.36. The molecule has 2 aromatic rings. The minimum atomic E-state index is -0.496. The Morgan fingerprint density at radius 2 is 1.69 bits per heavy atom. The fourth-order valence-electron chi connectivity index (χ4n) is 4.52. The number of likely N-dealkylation sites (tertiary alicyclic amines) is 1. The molecule has 0 saturated carbocycles. The molecule has 1 saturated heterocycles. The Balaban J connectivity index is 1.71. The molecule has 6 heteroatoms. The number of hydrogen-bond acceptors (Lipinski definition) is 4. The number of carbonyl (C=O) groups excluding carboxylic acids is 2. The summed E-state index contributed by atoms with van der Waals surface area (Å²) >= 11 is 0. The van der Waals surface area contributed by atoms with E-state index in [0.29, 0.717) is 19.0 Å². The van der Waals surface area contributed by atoms with Crippen LogP contribution in [0.3, 0.4) is 0 Å². The summed E-state index contributed by atoms with van der Waals surface area (Å²) in [7, 11) is 0. The number of ether oxygens (including phenoxy) is 2. The van der Waals surface area contributed by atoms with Gasteiger partial charge in [-0.2, -0.15) is 0 Å². The lowest BCUT2D eigenvalue weighted by atomic mass is 9.82. The van der Waals surface area contributed by atoms with E-state index in [1.807, 2.05) is 51.1 Å². The number of nitrogens with zero attached hydrogens (tertiary/aromatic N) is 1. The first-order valence-corrected chi connectivity index (χ1v) is 12.6. The van der Waals surface area contributed by atoms with Crippen LogP contribution in [0.25, 0.3) is 0 Å². The number of nitrogens with one attached hydrogen (secondary N) is 1. The molecule has 190 valence electrons. The summed E-state index contributed by atoms with van der Waals surface area (Å²) in [6.45, 7) is 13.5. The zero-order chi connectivity index (χ0) is 25.6. The van der Waals surface area contributed by atoms with E-state index in [9.17, 15) is 9.59 Å². The Labute approximate surface area is 210 Å². The average molecular weight is 481 g/mol. The number of amides is 2. The maximum Gasteiger partial charge on any atom is 0.410 e. The topological polar surface area (TPSA) is 67.9 Å². The number of aryl methyl sites for hydroxylation is 2. The van der Waals surface area contributed by atoms with Crippen LogP contribution in [0.15, 0.2) is 42.5 Å². The van der Waals surface area contributed by atoms with Crippen molar-refractivity contribution in [1.29, 1.82) is 0 Å². The first-order valence-electron chi connectivity index (χ1n) is 12.6. The van der Waals surface area contributed by atoms with Crippen LogP contribution in [0.2, 0.25) is 0 Å². The van der Waals surface area contributed by atoms with E-state index in [-0.39, 0.29) is 18.7 Å². The molecule has 2 aromatic carbocycles. The van der Waals surface area contributed by atoms with Gasteiger partial charge < -0.3 is 19.7 Å². The second kappa shape index (κ2) is 11.6. The number of alkyl carbamates (subject to hydrolysis) is 1. The zero-order valence-electron chi connectivity index (χ0n) is 22.0. The molecule has 3 rings (SSSR count). The van der Waals surface area contributed by atoms with Crippen LogP contribution < -0.4 is 5.32 Å². The maximum atomic E-state index is 12.6. The third-order valence-corrected chi connectivity index (χ3v) is 6.57. The lowest BCUT2D eigenvalue weighted by molar-refractivity contribution is 0.0204. The molecule has 0 radical (unpaired) electrons. The molecule has 1 atom stereocenters. The molecule has 2 amide bonds. The number of rotatable bonds is 6. The second-order valence-corrected chi connectivity index (χ2v) is 10.5. The summed E-state index contributed by atoms with van der Waals surface area (Å²) < 4.78 is 11.0. The monoisotopic (exact) mass is 480 g/mol. The van der Waals surface area contributed by atoms with E-state index < -0.39 is 11.7 Å². The van der Waals surface area contributed by atoms with E-state index in [1.165, 1.54) is 16.7 Å². The number of piperidine rings is 1. The average Bonchev–Trinajstić information content (AvgIpc) is 2.82. The molecule has 1 heterocycles. The zero-order valence-corrected chi connectivity index (χ0v) is 22.0. The molecule has 1 N–H and O–H groups in total. The molecule has 1 fully saturated rings. The minimum absolute atomic E-state index is 0.142. The first kappa shape index (κ1) is 26.6. The van der Waals surface area contributed by atoms with Gasteiger partial charge in [-0.15, -0.1) is 0 Å². The predicted octanol–water partition coefficient (Wildman–Crippen LogP) is 6.80. The quantitative estimate of drug-likeness (QED) is 0.494. The van der Waals surface area contributed by atoms with E-state index in [4.69, 9.17) is 9.47 Å². The molecule has 1 aliphatic rings. The van der Waals surface area contributed by atoms with Crippen molar-refractivity contribution in [2.75, 3.05) is 13.1 Å². The minimum Gasteiger partial charge on any atom is -0.445 e. The fourth-order valence-corrected chi connectivity index (χ4v) is 4.52. The largest absolute Gasteiger partial charge is 0.445 e. The van der Waals surface area contributed by atoms with Crippen LogP contribution in [0, 0.1) is 13.8 Å². The summed E-state index contributed by atoms with van der Waals surface area (Å²) in [6, 6.07) is 14.0. The molecule has 6 nitrogen and oxygen atoms in total. The maximum absolute atomic E-state index is 12.6.